The lowest BCUT2D eigenvalue weighted by Crippen LogP contribution is -2.33. The van der Waals surface area contributed by atoms with Crippen molar-refractivity contribution < 1.29 is 4.74 Å². The number of aromatic nitrogens is 1. The summed E-state index contributed by atoms with van der Waals surface area (Å²) in [5, 5.41) is 8.28. The van der Waals surface area contributed by atoms with E-state index in [1.54, 1.807) is 13.3 Å². The Morgan fingerprint density at radius 3 is 2.14 bits per heavy atom. The first-order valence-corrected chi connectivity index (χ1v) is 9.76. The van der Waals surface area contributed by atoms with E-state index in [4.69, 9.17) is 17.0 Å². The molecule has 0 aliphatic rings. The molecule has 0 amide bonds. The van der Waals surface area contributed by atoms with E-state index < -0.39 is 0 Å². The monoisotopic (exact) mass is 399 g/mol. The molecule has 0 aliphatic heterocycles. The van der Waals surface area contributed by atoms with Crippen LogP contribution in [0.15, 0.2) is 91.1 Å². The third-order valence-corrected chi connectivity index (χ3v) is 4.96. The fourth-order valence-corrected chi connectivity index (χ4v) is 3.59. The molecule has 2 N–H and O–H groups in total. The van der Waals surface area contributed by atoms with E-state index in [0.29, 0.717) is 5.11 Å². The van der Waals surface area contributed by atoms with Gasteiger partial charge in [0, 0.05) is 17.3 Å². The molecular weight excluding hydrogens is 378 g/mol. The molecule has 1 aromatic heterocycles. The molecule has 0 fully saturated rings. The van der Waals surface area contributed by atoms with E-state index in [2.05, 4.69) is 39.9 Å². The molecule has 3 aromatic carbocycles. The lowest BCUT2D eigenvalue weighted by Gasteiger charge is -2.22. The number of nitrogens with zero attached hydrogens (tertiary/aromatic N) is 1. The van der Waals surface area contributed by atoms with Gasteiger partial charge in [-0.15, -0.1) is 0 Å². The molecule has 5 heteroatoms. The number of thiocarbonyl (C=S) groups is 1. The van der Waals surface area contributed by atoms with Crippen molar-refractivity contribution in [3.8, 4) is 5.75 Å². The molecule has 0 spiro atoms. The fraction of sp³-hybridized carbons (Fsp3) is 0.0833. The van der Waals surface area contributed by atoms with Crippen LogP contribution < -0.4 is 15.4 Å². The van der Waals surface area contributed by atoms with E-state index in [-0.39, 0.29) is 6.04 Å². The van der Waals surface area contributed by atoms with E-state index in [1.807, 2.05) is 60.7 Å². The summed E-state index contributed by atoms with van der Waals surface area (Å²) in [4.78, 5) is 4.45. The van der Waals surface area contributed by atoms with Gasteiger partial charge in [-0.3, -0.25) is 4.98 Å². The molecule has 4 rings (SSSR count). The number of nitrogens with one attached hydrogen (secondary N) is 2. The van der Waals surface area contributed by atoms with Gasteiger partial charge >= 0.3 is 0 Å². The summed E-state index contributed by atoms with van der Waals surface area (Å²) < 4.78 is 5.43. The molecule has 0 unspecified atom stereocenters. The Morgan fingerprint density at radius 2 is 1.52 bits per heavy atom. The minimum atomic E-state index is -0.0555. The number of methoxy groups -OCH3 is 1. The van der Waals surface area contributed by atoms with Gasteiger partial charge < -0.3 is 15.4 Å². The lowest BCUT2D eigenvalue weighted by atomic mass is 9.99. The lowest BCUT2D eigenvalue weighted by molar-refractivity contribution is 0.419. The van der Waals surface area contributed by atoms with Crippen molar-refractivity contribution in [2.45, 2.75) is 6.04 Å². The van der Waals surface area contributed by atoms with Crippen LogP contribution in [0, 0.1) is 0 Å². The smallest absolute Gasteiger partial charge is 0.171 e. The highest BCUT2D eigenvalue weighted by Crippen LogP contribution is 2.30. The Kier molecular flexibility index (Phi) is 5.68. The van der Waals surface area contributed by atoms with Crippen LogP contribution in [0.4, 0.5) is 5.69 Å². The SMILES string of the molecule is COc1ccc(NC(=S)NC(c2ccccc2)c2ccccc2)c2cccnc12. The number of hydrogen-bond donors (Lipinski definition) is 2. The molecule has 1 heterocycles. The van der Waals surface area contributed by atoms with Gasteiger partial charge in [-0.2, -0.15) is 0 Å². The zero-order valence-corrected chi connectivity index (χ0v) is 16.8. The van der Waals surface area contributed by atoms with Crippen LogP contribution in [-0.2, 0) is 0 Å². The normalized spacial score (nSPS) is 10.7. The second-order valence-corrected chi connectivity index (χ2v) is 6.98. The van der Waals surface area contributed by atoms with Crippen molar-refractivity contribution in [3.05, 3.63) is 102 Å². The van der Waals surface area contributed by atoms with Gasteiger partial charge in [0.25, 0.3) is 0 Å². The summed E-state index contributed by atoms with van der Waals surface area (Å²) in [6, 6.07) is 28.2. The molecule has 0 atom stereocenters. The maximum absolute atomic E-state index is 5.66. The van der Waals surface area contributed by atoms with Crippen molar-refractivity contribution >= 4 is 33.9 Å². The predicted molar refractivity (Wildman–Crippen MR) is 122 cm³/mol. The number of fused-ring (bicyclic) bond motifs is 1. The standard InChI is InChI=1S/C24H21N3OS/c1-28-21-15-14-20(19-13-8-16-25-23(19)21)26-24(29)27-22(17-9-4-2-5-10-17)18-11-6-3-7-12-18/h2-16,22H,1H3,(H2,26,27,29). The van der Waals surface area contributed by atoms with Crippen molar-refractivity contribution in [1.82, 2.24) is 10.3 Å². The number of anilines is 1. The van der Waals surface area contributed by atoms with Gasteiger partial charge in [-0.1, -0.05) is 60.7 Å². The molecule has 0 saturated heterocycles. The van der Waals surface area contributed by atoms with Gasteiger partial charge in [0.2, 0.25) is 0 Å². The van der Waals surface area contributed by atoms with Crippen molar-refractivity contribution in [2.75, 3.05) is 12.4 Å². The molecular formula is C24H21N3OS. The minimum absolute atomic E-state index is 0.0555. The summed E-state index contributed by atoms with van der Waals surface area (Å²) in [5.74, 6) is 0.733. The molecule has 0 aliphatic carbocycles. The Morgan fingerprint density at radius 1 is 0.862 bits per heavy atom. The molecule has 4 aromatic rings. The molecule has 0 saturated carbocycles. The van der Waals surface area contributed by atoms with Crippen molar-refractivity contribution in [3.63, 3.8) is 0 Å². The van der Waals surface area contributed by atoms with Crippen LogP contribution in [0.3, 0.4) is 0 Å². The Balaban J connectivity index is 1.62. The quantitative estimate of drug-likeness (QED) is 0.445. The number of benzene rings is 3. The molecule has 0 radical (unpaired) electrons. The average Bonchev–Trinajstić information content (AvgIpc) is 2.79. The van der Waals surface area contributed by atoms with Crippen molar-refractivity contribution in [1.29, 1.82) is 0 Å². The van der Waals surface area contributed by atoms with E-state index in [1.165, 1.54) is 0 Å². The number of rotatable bonds is 5. The summed E-state index contributed by atoms with van der Waals surface area (Å²) in [6.45, 7) is 0. The first kappa shape index (κ1) is 18.9. The van der Waals surface area contributed by atoms with E-state index >= 15 is 0 Å². The minimum Gasteiger partial charge on any atom is -0.494 e. The molecule has 144 valence electrons. The Bertz CT molecular complexity index is 1080. The second kappa shape index (κ2) is 8.71. The Hall–Kier alpha value is -3.44. The molecule has 0 bridgehead atoms. The zero-order valence-electron chi connectivity index (χ0n) is 16.0. The average molecular weight is 400 g/mol. The second-order valence-electron chi connectivity index (χ2n) is 6.57. The fourth-order valence-electron chi connectivity index (χ4n) is 3.36. The van der Waals surface area contributed by atoms with E-state index in [9.17, 15) is 0 Å². The summed E-state index contributed by atoms with van der Waals surface area (Å²) >= 11 is 5.66. The van der Waals surface area contributed by atoms with Crippen molar-refractivity contribution in [2.24, 2.45) is 0 Å². The van der Waals surface area contributed by atoms with E-state index in [0.717, 1.165) is 33.5 Å². The summed E-state index contributed by atoms with van der Waals surface area (Å²) in [7, 11) is 1.65. The van der Waals surface area contributed by atoms with Gasteiger partial charge in [-0.25, -0.2) is 0 Å². The summed E-state index contributed by atoms with van der Waals surface area (Å²) in [6.07, 6.45) is 1.76. The third kappa shape index (κ3) is 4.20. The van der Waals surface area contributed by atoms with Crippen LogP contribution in [0.1, 0.15) is 17.2 Å². The zero-order chi connectivity index (χ0) is 20.1. The maximum Gasteiger partial charge on any atom is 0.171 e. The highest BCUT2D eigenvalue weighted by Gasteiger charge is 2.16. The highest BCUT2D eigenvalue weighted by molar-refractivity contribution is 7.80. The van der Waals surface area contributed by atoms with Crippen LogP contribution in [-0.4, -0.2) is 17.2 Å². The van der Waals surface area contributed by atoms with Crippen LogP contribution in [0.2, 0.25) is 0 Å². The van der Waals surface area contributed by atoms with Gasteiger partial charge in [0.1, 0.15) is 11.3 Å². The number of ether oxygens (including phenoxy) is 1. The van der Waals surface area contributed by atoms with Crippen LogP contribution in [0.5, 0.6) is 5.75 Å². The maximum atomic E-state index is 5.66. The molecule has 29 heavy (non-hydrogen) atoms. The summed E-state index contributed by atoms with van der Waals surface area (Å²) in [5.41, 5.74) is 3.96. The first-order valence-electron chi connectivity index (χ1n) is 9.35. The predicted octanol–water partition coefficient (Wildman–Crippen LogP) is 5.32. The van der Waals surface area contributed by atoms with Gasteiger partial charge in [-0.05, 0) is 47.6 Å². The topological polar surface area (TPSA) is 46.2 Å². The largest absolute Gasteiger partial charge is 0.494 e. The van der Waals surface area contributed by atoms with Crippen LogP contribution in [0.25, 0.3) is 10.9 Å². The third-order valence-electron chi connectivity index (χ3n) is 4.74. The molecule has 4 nitrogen and oxygen atoms in total. The van der Waals surface area contributed by atoms with Gasteiger partial charge in [0.15, 0.2) is 5.11 Å². The number of pyridine rings is 1. The first-order chi connectivity index (χ1) is 14.3. The Labute approximate surface area is 175 Å². The van der Waals surface area contributed by atoms with Crippen LogP contribution >= 0.6 is 12.2 Å². The highest BCUT2D eigenvalue weighted by atomic mass is 32.1. The van der Waals surface area contributed by atoms with Gasteiger partial charge in [0.05, 0.1) is 13.2 Å². The number of hydrogen-bond acceptors (Lipinski definition) is 3.